The maximum absolute atomic E-state index is 12.0. The molecular weight excluding hydrogens is 374 g/mol. The van der Waals surface area contributed by atoms with Crippen molar-refractivity contribution in [1.29, 1.82) is 5.26 Å². The highest BCUT2D eigenvalue weighted by Gasteiger charge is 2.14. The van der Waals surface area contributed by atoms with Crippen LogP contribution >= 0.6 is 0 Å². The van der Waals surface area contributed by atoms with Crippen LogP contribution in [0.4, 0.5) is 5.69 Å². The number of nitriles is 1. The molecule has 0 aliphatic heterocycles. The second-order valence-electron chi connectivity index (χ2n) is 6.76. The molecule has 2 rings (SSSR count). The zero-order chi connectivity index (χ0) is 20.6. The van der Waals surface area contributed by atoms with Gasteiger partial charge in [-0.3, -0.25) is 4.79 Å². The third-order valence-corrected chi connectivity index (χ3v) is 6.12. The minimum absolute atomic E-state index is 0.0992. The summed E-state index contributed by atoms with van der Waals surface area (Å²) >= 11 is 0. The predicted molar refractivity (Wildman–Crippen MR) is 111 cm³/mol. The molecule has 0 radical (unpaired) electrons. The van der Waals surface area contributed by atoms with Crippen LogP contribution in [0.2, 0.25) is 0 Å². The van der Waals surface area contributed by atoms with Gasteiger partial charge in [-0.2, -0.15) is 5.26 Å². The highest BCUT2D eigenvalue weighted by molar-refractivity contribution is 7.90. The Morgan fingerprint density at radius 2 is 1.57 bits per heavy atom. The summed E-state index contributed by atoms with van der Waals surface area (Å²) in [5.41, 5.74) is 3.33. The van der Waals surface area contributed by atoms with Crippen LogP contribution in [0.3, 0.4) is 0 Å². The number of benzene rings is 2. The molecule has 2 N–H and O–H groups in total. The zero-order valence-electron chi connectivity index (χ0n) is 16.1. The Morgan fingerprint density at radius 3 is 2.11 bits per heavy atom. The van der Waals surface area contributed by atoms with Crippen LogP contribution in [0.1, 0.15) is 38.7 Å². The first-order chi connectivity index (χ1) is 13.3. The maximum Gasteiger partial charge on any atom is 0.224 e. The molecule has 2 aromatic carbocycles. The minimum atomic E-state index is -3.24. The van der Waals surface area contributed by atoms with Crippen LogP contribution in [0.25, 0.3) is 11.1 Å². The van der Waals surface area contributed by atoms with Gasteiger partial charge in [-0.25, -0.2) is 13.1 Å². The molecule has 0 aliphatic carbocycles. The van der Waals surface area contributed by atoms with E-state index in [1.807, 2.05) is 36.4 Å². The molecular formula is C21H25N3O3S. The molecule has 0 atom stereocenters. The Morgan fingerprint density at radius 1 is 1.00 bits per heavy atom. The number of carbonyl (C=O) groups is 1. The number of nitrogens with one attached hydrogen (secondary N) is 2. The van der Waals surface area contributed by atoms with Crippen molar-refractivity contribution in [2.45, 2.75) is 38.4 Å². The van der Waals surface area contributed by atoms with E-state index in [0.717, 1.165) is 11.1 Å². The van der Waals surface area contributed by atoms with Crippen molar-refractivity contribution in [3.63, 3.8) is 0 Å². The van der Waals surface area contributed by atoms with Crippen molar-refractivity contribution in [3.8, 4) is 17.2 Å². The number of hydrogen-bond donors (Lipinski definition) is 2. The van der Waals surface area contributed by atoms with Crippen LogP contribution < -0.4 is 10.0 Å². The highest BCUT2D eigenvalue weighted by Crippen LogP contribution is 2.22. The molecule has 148 valence electrons. The molecule has 6 nitrogen and oxygen atoms in total. The van der Waals surface area contributed by atoms with Gasteiger partial charge >= 0.3 is 0 Å². The van der Waals surface area contributed by atoms with Crippen molar-refractivity contribution < 1.29 is 13.2 Å². The summed E-state index contributed by atoms with van der Waals surface area (Å²) in [5, 5.41) is 11.2. The lowest BCUT2D eigenvalue weighted by Gasteiger charge is -2.09. The minimum Gasteiger partial charge on any atom is -0.326 e. The van der Waals surface area contributed by atoms with Gasteiger partial charge in [-0.15, -0.1) is 0 Å². The molecule has 28 heavy (non-hydrogen) atoms. The molecule has 0 aliphatic rings. The monoisotopic (exact) mass is 399 g/mol. The van der Waals surface area contributed by atoms with Crippen LogP contribution in [-0.2, 0) is 14.8 Å². The van der Waals surface area contributed by atoms with Gasteiger partial charge in [0.05, 0.1) is 16.9 Å². The largest absolute Gasteiger partial charge is 0.326 e. The van der Waals surface area contributed by atoms with E-state index >= 15 is 0 Å². The summed E-state index contributed by atoms with van der Waals surface area (Å²) in [6.45, 7) is 3.60. The van der Waals surface area contributed by atoms with Crippen molar-refractivity contribution >= 4 is 21.6 Å². The normalized spacial score (nSPS) is 11.2. The lowest BCUT2D eigenvalue weighted by Crippen LogP contribution is -2.31. The molecule has 1 amide bonds. The SMILES string of the molecule is CC(C)S(=O)(=O)NCCCCC(=O)Nc1ccc(-c2ccc(C#N)cc2)cc1. The summed E-state index contributed by atoms with van der Waals surface area (Å²) in [5.74, 6) is -0.0992. The molecule has 0 heterocycles. The number of carbonyl (C=O) groups excluding carboxylic acids is 1. The third kappa shape index (κ3) is 6.48. The first-order valence-corrected chi connectivity index (χ1v) is 10.8. The summed E-state index contributed by atoms with van der Waals surface area (Å²) in [6, 6.07) is 16.9. The first kappa shape index (κ1) is 21.6. The molecule has 0 unspecified atom stereocenters. The topological polar surface area (TPSA) is 99.1 Å². The van der Waals surface area contributed by atoms with Crippen molar-refractivity contribution in [1.82, 2.24) is 4.72 Å². The quantitative estimate of drug-likeness (QED) is 0.629. The Kier molecular flexibility index (Phi) is 7.73. The van der Waals surface area contributed by atoms with E-state index in [-0.39, 0.29) is 5.91 Å². The lowest BCUT2D eigenvalue weighted by molar-refractivity contribution is -0.116. The van der Waals surface area contributed by atoms with Gasteiger partial charge < -0.3 is 5.32 Å². The van der Waals surface area contributed by atoms with Crippen LogP contribution in [0.5, 0.6) is 0 Å². The summed E-state index contributed by atoms with van der Waals surface area (Å²) in [7, 11) is -3.24. The molecule has 0 fully saturated rings. The number of sulfonamides is 1. The number of anilines is 1. The van der Waals surface area contributed by atoms with E-state index in [9.17, 15) is 13.2 Å². The zero-order valence-corrected chi connectivity index (χ0v) is 16.9. The first-order valence-electron chi connectivity index (χ1n) is 9.21. The van der Waals surface area contributed by atoms with Gasteiger partial charge in [-0.1, -0.05) is 24.3 Å². The molecule has 0 saturated heterocycles. The van der Waals surface area contributed by atoms with E-state index in [4.69, 9.17) is 5.26 Å². The third-order valence-electron chi connectivity index (χ3n) is 4.27. The average molecular weight is 400 g/mol. The Hall–Kier alpha value is -2.69. The summed E-state index contributed by atoms with van der Waals surface area (Å²) < 4.78 is 25.8. The fourth-order valence-electron chi connectivity index (χ4n) is 2.50. The van der Waals surface area contributed by atoms with Crippen molar-refractivity contribution in [2.75, 3.05) is 11.9 Å². The second kappa shape index (κ2) is 10.0. The van der Waals surface area contributed by atoms with Gasteiger partial charge in [0, 0.05) is 18.7 Å². The van der Waals surface area contributed by atoms with Gasteiger partial charge in [0.2, 0.25) is 15.9 Å². The Labute approximate surface area is 166 Å². The summed E-state index contributed by atoms with van der Waals surface area (Å²) in [6.07, 6.45) is 1.55. The number of rotatable bonds is 9. The van der Waals surface area contributed by atoms with Crippen molar-refractivity contribution in [3.05, 3.63) is 54.1 Å². The number of hydrogen-bond acceptors (Lipinski definition) is 4. The van der Waals surface area contributed by atoms with Gasteiger partial charge in [0.25, 0.3) is 0 Å². The molecule has 0 saturated carbocycles. The van der Waals surface area contributed by atoms with E-state index < -0.39 is 15.3 Å². The van der Waals surface area contributed by atoms with Gasteiger partial charge in [0.1, 0.15) is 0 Å². The fourth-order valence-corrected chi connectivity index (χ4v) is 3.26. The Bertz CT molecular complexity index is 928. The second-order valence-corrected chi connectivity index (χ2v) is 9.08. The van der Waals surface area contributed by atoms with Crippen LogP contribution in [-0.4, -0.2) is 26.1 Å². The summed E-state index contributed by atoms with van der Waals surface area (Å²) in [4.78, 5) is 12.0. The van der Waals surface area contributed by atoms with Crippen LogP contribution in [0.15, 0.2) is 48.5 Å². The number of amides is 1. The standard InChI is InChI=1S/C21H25N3O3S/c1-16(2)28(26,27)23-14-4-3-5-21(25)24-20-12-10-19(11-13-20)18-8-6-17(15-22)7-9-18/h6-13,16,23H,3-5,14H2,1-2H3,(H,24,25). The Balaban J connectivity index is 1.77. The van der Waals surface area contributed by atoms with E-state index in [1.54, 1.807) is 26.0 Å². The molecule has 0 bridgehead atoms. The van der Waals surface area contributed by atoms with E-state index in [0.29, 0.717) is 37.1 Å². The van der Waals surface area contributed by atoms with E-state index in [2.05, 4.69) is 16.1 Å². The fraction of sp³-hybridized carbons (Fsp3) is 0.333. The van der Waals surface area contributed by atoms with Crippen LogP contribution in [0, 0.1) is 11.3 Å². The van der Waals surface area contributed by atoms with Crippen molar-refractivity contribution in [2.24, 2.45) is 0 Å². The van der Waals surface area contributed by atoms with Gasteiger partial charge in [-0.05, 0) is 62.1 Å². The highest BCUT2D eigenvalue weighted by atomic mass is 32.2. The maximum atomic E-state index is 12.0. The van der Waals surface area contributed by atoms with E-state index in [1.165, 1.54) is 0 Å². The molecule has 0 aromatic heterocycles. The average Bonchev–Trinajstić information content (AvgIpc) is 2.68. The number of nitrogens with zero attached hydrogens (tertiary/aromatic N) is 1. The molecule has 2 aromatic rings. The number of unbranched alkanes of at least 4 members (excludes halogenated alkanes) is 1. The van der Waals surface area contributed by atoms with Gasteiger partial charge in [0.15, 0.2) is 0 Å². The smallest absolute Gasteiger partial charge is 0.224 e. The predicted octanol–water partition coefficient (Wildman–Crippen LogP) is 3.66. The molecule has 0 spiro atoms. The lowest BCUT2D eigenvalue weighted by atomic mass is 10.0. The molecule has 7 heteroatoms.